The first-order valence-electron chi connectivity index (χ1n) is 8.86. The molecule has 2 heterocycles. The predicted octanol–water partition coefficient (Wildman–Crippen LogP) is 3.15. The number of halogens is 3. The van der Waals surface area contributed by atoms with E-state index in [-0.39, 0.29) is 29.5 Å². The molecule has 1 fully saturated rings. The zero-order chi connectivity index (χ0) is 20.1. The lowest BCUT2D eigenvalue weighted by Gasteiger charge is -2.33. The van der Waals surface area contributed by atoms with E-state index in [4.69, 9.17) is 10.5 Å². The van der Waals surface area contributed by atoms with Gasteiger partial charge in [-0.1, -0.05) is 12.1 Å². The number of carbonyl (C=O) groups excluding carboxylic acids is 1. The average molecular weight is 389 g/mol. The molecule has 4 rings (SSSR count). The summed E-state index contributed by atoms with van der Waals surface area (Å²) in [7, 11) is 0. The zero-order valence-electron chi connectivity index (χ0n) is 15.0. The number of rotatable bonds is 5. The van der Waals surface area contributed by atoms with Crippen molar-refractivity contribution in [3.63, 3.8) is 0 Å². The number of hydrogen-bond donors (Lipinski definition) is 1. The normalized spacial score (nSPS) is 25.7. The molecule has 146 valence electrons. The van der Waals surface area contributed by atoms with Crippen molar-refractivity contribution >= 4 is 11.8 Å². The molecule has 1 aromatic carbocycles. The van der Waals surface area contributed by atoms with E-state index in [2.05, 4.69) is 9.98 Å². The highest BCUT2D eigenvalue weighted by Crippen LogP contribution is 2.56. The van der Waals surface area contributed by atoms with Gasteiger partial charge in [0.15, 0.2) is 11.3 Å². The summed E-state index contributed by atoms with van der Waals surface area (Å²) in [5.74, 6) is -1.75. The lowest BCUT2D eigenvalue weighted by atomic mass is 9.83. The van der Waals surface area contributed by atoms with E-state index in [1.54, 1.807) is 18.3 Å². The molecule has 0 unspecified atom stereocenters. The van der Waals surface area contributed by atoms with E-state index in [1.165, 1.54) is 12.1 Å². The number of carbonyl (C=O) groups is 1. The van der Waals surface area contributed by atoms with E-state index >= 15 is 0 Å². The van der Waals surface area contributed by atoms with Crippen LogP contribution in [0.4, 0.5) is 13.2 Å². The highest BCUT2D eigenvalue weighted by atomic mass is 19.3. The average Bonchev–Trinajstić information content (AvgIpc) is 3.42. The minimum atomic E-state index is -2.97. The molecular weight excluding hydrogens is 371 g/mol. The fourth-order valence-electron chi connectivity index (χ4n) is 3.70. The number of aromatic nitrogens is 1. The Labute approximate surface area is 159 Å². The number of benzene rings is 1. The van der Waals surface area contributed by atoms with Crippen molar-refractivity contribution < 1.29 is 22.7 Å². The van der Waals surface area contributed by atoms with Crippen molar-refractivity contribution in [3.05, 3.63) is 64.7 Å². The van der Waals surface area contributed by atoms with Crippen LogP contribution in [0.1, 0.15) is 33.6 Å². The second kappa shape index (κ2) is 6.61. The highest BCUT2D eigenvalue weighted by molar-refractivity contribution is 5.95. The minimum Gasteiger partial charge on any atom is -0.462 e. The molecule has 8 heteroatoms. The fourth-order valence-corrected chi connectivity index (χ4v) is 3.70. The molecule has 0 radical (unpaired) electrons. The number of nitrogens with two attached hydrogens (primary N) is 1. The molecule has 1 aromatic heterocycles. The summed E-state index contributed by atoms with van der Waals surface area (Å²) in [5.41, 5.74) is 4.78. The van der Waals surface area contributed by atoms with Gasteiger partial charge in [-0.3, -0.25) is 9.78 Å². The summed E-state index contributed by atoms with van der Waals surface area (Å²) in [5, 5.41) is 0. The van der Waals surface area contributed by atoms with Crippen LogP contribution in [0.3, 0.4) is 0 Å². The van der Waals surface area contributed by atoms with Gasteiger partial charge in [-0.05, 0) is 42.7 Å². The first-order valence-corrected chi connectivity index (χ1v) is 8.86. The third kappa shape index (κ3) is 3.02. The van der Waals surface area contributed by atoms with Gasteiger partial charge in [-0.15, -0.1) is 0 Å². The number of ketones is 1. The number of fused-ring (bicyclic) bond motifs is 1. The first-order chi connectivity index (χ1) is 13.3. The maximum Gasteiger partial charge on any atom is 0.283 e. The largest absolute Gasteiger partial charge is 0.462 e. The molecule has 28 heavy (non-hydrogen) atoms. The summed E-state index contributed by atoms with van der Waals surface area (Å²) in [6, 6.07) is 6.76. The molecule has 0 bridgehead atoms. The van der Waals surface area contributed by atoms with Gasteiger partial charge in [0.05, 0.1) is 0 Å². The Kier molecular flexibility index (Phi) is 4.36. The Morgan fingerprint density at radius 2 is 2.14 bits per heavy atom. The lowest BCUT2D eigenvalue weighted by Crippen LogP contribution is -2.43. The summed E-state index contributed by atoms with van der Waals surface area (Å²) in [6.07, 6.45) is -1.66. The van der Waals surface area contributed by atoms with Crippen molar-refractivity contribution in [1.82, 2.24) is 4.98 Å². The second-order valence-electron chi connectivity index (χ2n) is 7.21. The third-order valence-electron chi connectivity index (χ3n) is 5.22. The smallest absolute Gasteiger partial charge is 0.283 e. The van der Waals surface area contributed by atoms with Gasteiger partial charge < -0.3 is 10.5 Å². The number of hydrogen-bond acceptors (Lipinski definition) is 5. The Bertz CT molecular complexity index is 962. The van der Waals surface area contributed by atoms with Crippen LogP contribution in [-0.2, 0) is 16.7 Å². The van der Waals surface area contributed by atoms with Gasteiger partial charge in [0.1, 0.15) is 17.6 Å². The number of ether oxygens (including phenoxy) is 1. The van der Waals surface area contributed by atoms with E-state index < -0.39 is 29.8 Å². The van der Waals surface area contributed by atoms with Gasteiger partial charge in [0, 0.05) is 24.1 Å². The standard InChI is InChI=1S/C20H18F3N3O2/c1-10-2-5-15(25-9-10)16(27)7-11-3-4-14(21)12(6-11)20(18(22)23)13-8-17(13)28-19(24)26-20/h2-6,9,13,17-18H,7-8H2,1H3,(H2,24,26)/t13-,17+,20+/m0/s1. The van der Waals surface area contributed by atoms with Gasteiger partial charge >= 0.3 is 0 Å². The fraction of sp³-hybridized carbons (Fsp3) is 0.350. The summed E-state index contributed by atoms with van der Waals surface area (Å²) >= 11 is 0. The SMILES string of the molecule is Cc1ccc(C(=O)Cc2ccc(F)c([C@@]3(C(F)F)N=C(N)O[C@@H]4C[C@@H]43)c2)nc1. The van der Waals surface area contributed by atoms with Crippen LogP contribution in [0.2, 0.25) is 0 Å². The van der Waals surface area contributed by atoms with Crippen LogP contribution < -0.4 is 5.73 Å². The van der Waals surface area contributed by atoms with Crippen LogP contribution in [0, 0.1) is 18.7 Å². The molecule has 2 aromatic rings. The van der Waals surface area contributed by atoms with E-state index in [1.807, 2.05) is 6.92 Å². The van der Waals surface area contributed by atoms with Crippen molar-refractivity contribution in [3.8, 4) is 0 Å². The molecule has 1 saturated carbocycles. The second-order valence-corrected chi connectivity index (χ2v) is 7.21. The third-order valence-corrected chi connectivity index (χ3v) is 5.22. The molecular formula is C20H18F3N3O2. The minimum absolute atomic E-state index is 0.0908. The monoisotopic (exact) mass is 389 g/mol. The Hall–Kier alpha value is -2.90. The maximum absolute atomic E-state index is 14.6. The Morgan fingerprint density at radius 1 is 1.36 bits per heavy atom. The molecule has 2 N–H and O–H groups in total. The molecule has 0 spiro atoms. The molecule has 0 saturated heterocycles. The quantitative estimate of drug-likeness (QED) is 0.797. The van der Waals surface area contributed by atoms with E-state index in [9.17, 15) is 18.0 Å². The van der Waals surface area contributed by atoms with Crippen molar-refractivity contribution in [2.75, 3.05) is 0 Å². The molecule has 1 aliphatic carbocycles. The van der Waals surface area contributed by atoms with Crippen LogP contribution in [0.5, 0.6) is 0 Å². The van der Waals surface area contributed by atoms with Crippen molar-refractivity contribution in [2.45, 2.75) is 37.8 Å². The van der Waals surface area contributed by atoms with Crippen LogP contribution in [0.25, 0.3) is 0 Å². The van der Waals surface area contributed by atoms with Crippen LogP contribution in [0.15, 0.2) is 41.5 Å². The maximum atomic E-state index is 14.6. The Morgan fingerprint density at radius 3 is 2.82 bits per heavy atom. The number of pyridine rings is 1. The summed E-state index contributed by atoms with van der Waals surface area (Å²) in [4.78, 5) is 20.4. The van der Waals surface area contributed by atoms with Gasteiger partial charge in [-0.25, -0.2) is 18.2 Å². The number of alkyl halides is 2. The number of amidine groups is 1. The summed E-state index contributed by atoms with van der Waals surface area (Å²) in [6.45, 7) is 1.85. The Balaban J connectivity index is 1.70. The van der Waals surface area contributed by atoms with E-state index in [0.717, 1.165) is 11.6 Å². The first kappa shape index (κ1) is 18.5. The van der Waals surface area contributed by atoms with Crippen LogP contribution >= 0.6 is 0 Å². The zero-order valence-corrected chi connectivity index (χ0v) is 15.0. The molecule has 1 aliphatic heterocycles. The number of nitrogens with zero attached hydrogens (tertiary/aromatic N) is 2. The predicted molar refractivity (Wildman–Crippen MR) is 95.7 cm³/mol. The van der Waals surface area contributed by atoms with Gasteiger partial charge in [0.2, 0.25) is 0 Å². The van der Waals surface area contributed by atoms with E-state index in [0.29, 0.717) is 12.0 Å². The van der Waals surface area contributed by atoms with Crippen molar-refractivity contribution in [1.29, 1.82) is 0 Å². The molecule has 2 aliphatic rings. The lowest BCUT2D eigenvalue weighted by molar-refractivity contribution is 0.0176. The molecule has 0 amide bonds. The molecule has 5 nitrogen and oxygen atoms in total. The number of aryl methyl sites for hydroxylation is 1. The van der Waals surface area contributed by atoms with Crippen molar-refractivity contribution in [2.24, 2.45) is 16.6 Å². The van der Waals surface area contributed by atoms with Gasteiger partial charge in [0.25, 0.3) is 12.4 Å². The number of Topliss-reactive ketones (excluding diaryl/α,β-unsaturated/α-hetero) is 1. The number of aliphatic imine (C=N–C) groups is 1. The molecule has 3 atom stereocenters. The highest BCUT2D eigenvalue weighted by Gasteiger charge is 2.64. The summed E-state index contributed by atoms with van der Waals surface area (Å²) < 4.78 is 48.1. The van der Waals surface area contributed by atoms with Gasteiger partial charge in [-0.2, -0.15) is 0 Å². The van der Waals surface area contributed by atoms with Crippen LogP contribution in [-0.4, -0.2) is 29.3 Å². The topological polar surface area (TPSA) is 77.6 Å².